The fraction of sp³-hybridized carbons (Fsp3) is 0.417. The molecule has 6 nitrogen and oxygen atoms in total. The van der Waals surface area contributed by atoms with Gasteiger partial charge in [-0.05, 0) is 71.6 Å². The number of nitrogens with zero attached hydrogens (tertiary/aromatic N) is 4. The zero-order valence-corrected chi connectivity index (χ0v) is 27.1. The van der Waals surface area contributed by atoms with Gasteiger partial charge in [-0.3, -0.25) is 4.79 Å². The summed E-state index contributed by atoms with van der Waals surface area (Å²) in [5.41, 5.74) is 4.47. The van der Waals surface area contributed by atoms with E-state index in [4.69, 9.17) is 11.6 Å². The van der Waals surface area contributed by atoms with Crippen LogP contribution < -0.4 is 0 Å². The number of carbonyl (C=O) groups is 1. The van der Waals surface area contributed by atoms with Gasteiger partial charge in [0.05, 0.1) is 24.0 Å². The maximum atomic E-state index is 15.0. The number of amides is 1. The second-order valence-corrected chi connectivity index (χ2v) is 13.8. The van der Waals surface area contributed by atoms with Gasteiger partial charge in [0.2, 0.25) is 0 Å². The number of rotatable bonds is 7. The number of aryl methyl sites for hydroxylation is 1. The summed E-state index contributed by atoms with van der Waals surface area (Å²) >= 11 is 6.47. The molecule has 1 N–H and O–H groups in total. The van der Waals surface area contributed by atoms with Gasteiger partial charge < -0.3 is 10.0 Å². The van der Waals surface area contributed by atoms with Gasteiger partial charge in [-0.1, -0.05) is 101 Å². The number of aliphatic hydroxyl groups is 1. The summed E-state index contributed by atoms with van der Waals surface area (Å²) in [5, 5.41) is 20.1. The monoisotopic (exact) mass is 616 g/mol. The lowest BCUT2D eigenvalue weighted by Crippen LogP contribution is -2.47. The minimum atomic E-state index is -0.981. The lowest BCUT2D eigenvalue weighted by Gasteiger charge is -2.42. The van der Waals surface area contributed by atoms with Gasteiger partial charge in [-0.25, -0.2) is 9.07 Å². The molecule has 0 saturated heterocycles. The third kappa shape index (κ3) is 6.59. The summed E-state index contributed by atoms with van der Waals surface area (Å²) in [6.07, 6.45) is 3.60. The van der Waals surface area contributed by atoms with Gasteiger partial charge in [-0.2, -0.15) is 0 Å². The fourth-order valence-corrected chi connectivity index (χ4v) is 6.43. The van der Waals surface area contributed by atoms with Crippen molar-refractivity contribution in [2.24, 2.45) is 11.8 Å². The number of hydrogen-bond donors (Lipinski definition) is 1. The fourth-order valence-electron chi connectivity index (χ4n) is 6.21. The van der Waals surface area contributed by atoms with Crippen LogP contribution in [0.5, 0.6) is 0 Å². The summed E-state index contributed by atoms with van der Waals surface area (Å²) in [5.74, 6) is 0.00131. The molecule has 0 spiro atoms. The standard InChI is InChI=1S/C36H42ClFN4O2/c1-22-13-18-27(33(19-22)42-21-31(39-40-42)34(43)25-14-16-26(17-15-25)36(4,5)6)35(44)41(32-12-7-9-23(2)24(32)3)20-28-29(37)10-8-11-30(28)38/h8,10-11,13-19,21,23-24,32,34,43H,7,9,12,20H2,1-6H3. The highest BCUT2D eigenvalue weighted by molar-refractivity contribution is 6.31. The van der Waals surface area contributed by atoms with E-state index in [1.54, 1.807) is 34.0 Å². The van der Waals surface area contributed by atoms with Gasteiger partial charge in [0.25, 0.3) is 5.91 Å². The molecule has 232 valence electrons. The summed E-state index contributed by atoms with van der Waals surface area (Å²) in [4.78, 5) is 16.3. The molecule has 5 rings (SSSR count). The van der Waals surface area contributed by atoms with Gasteiger partial charge >= 0.3 is 0 Å². The van der Waals surface area contributed by atoms with Crippen molar-refractivity contribution in [1.82, 2.24) is 19.9 Å². The SMILES string of the molecule is Cc1ccc(C(=O)N(Cc2c(F)cccc2Cl)C2CCCC(C)C2C)c(-n2cc(C(O)c3ccc(C(C)(C)C)cc3)nn2)c1. The highest BCUT2D eigenvalue weighted by atomic mass is 35.5. The van der Waals surface area contributed by atoms with Gasteiger partial charge in [0, 0.05) is 16.6 Å². The molecule has 1 aliphatic carbocycles. The molecule has 0 bridgehead atoms. The normalized spacial score (nSPS) is 19.5. The Kier molecular flexibility index (Phi) is 9.28. The van der Waals surface area contributed by atoms with E-state index >= 15 is 4.39 Å². The molecular formula is C36H42ClFN4O2. The van der Waals surface area contributed by atoms with Crippen LogP contribution in [0.2, 0.25) is 5.02 Å². The van der Waals surface area contributed by atoms with E-state index in [2.05, 4.69) is 44.9 Å². The van der Waals surface area contributed by atoms with Crippen molar-refractivity contribution >= 4 is 17.5 Å². The largest absolute Gasteiger partial charge is 0.382 e. The van der Waals surface area contributed by atoms with Crippen molar-refractivity contribution in [3.05, 3.63) is 111 Å². The van der Waals surface area contributed by atoms with Crippen molar-refractivity contribution in [1.29, 1.82) is 0 Å². The van der Waals surface area contributed by atoms with Gasteiger partial charge in [-0.15, -0.1) is 5.10 Å². The average Bonchev–Trinajstić information content (AvgIpc) is 3.48. The molecule has 1 aromatic heterocycles. The Morgan fingerprint density at radius 3 is 2.52 bits per heavy atom. The minimum absolute atomic E-state index is 0.000318. The first-order chi connectivity index (χ1) is 20.8. The van der Waals surface area contributed by atoms with Crippen LogP contribution in [0.4, 0.5) is 4.39 Å². The first-order valence-electron chi connectivity index (χ1n) is 15.4. The molecule has 4 atom stereocenters. The van der Waals surface area contributed by atoms with Crippen molar-refractivity contribution in [3.63, 3.8) is 0 Å². The number of benzene rings is 3. The molecule has 0 aliphatic heterocycles. The molecule has 3 aromatic carbocycles. The van der Waals surface area contributed by atoms with Crippen LogP contribution in [-0.4, -0.2) is 36.9 Å². The predicted molar refractivity (Wildman–Crippen MR) is 173 cm³/mol. The molecule has 1 aliphatic rings. The molecule has 0 radical (unpaired) electrons. The van der Waals surface area contributed by atoms with Crippen LogP contribution >= 0.6 is 11.6 Å². The zero-order chi connectivity index (χ0) is 31.8. The Hall–Kier alpha value is -3.55. The van der Waals surface area contributed by atoms with Crippen molar-refractivity contribution in [3.8, 4) is 5.69 Å². The second-order valence-electron chi connectivity index (χ2n) is 13.4. The third-order valence-electron chi connectivity index (χ3n) is 9.23. The third-order valence-corrected chi connectivity index (χ3v) is 9.58. The highest BCUT2D eigenvalue weighted by Gasteiger charge is 2.36. The second kappa shape index (κ2) is 12.8. The van der Waals surface area contributed by atoms with E-state index in [1.807, 2.05) is 43.3 Å². The summed E-state index contributed by atoms with van der Waals surface area (Å²) in [6, 6.07) is 18.0. The van der Waals surface area contributed by atoms with E-state index in [0.29, 0.717) is 39.0 Å². The average molecular weight is 617 g/mol. The lowest BCUT2D eigenvalue weighted by molar-refractivity contribution is 0.0446. The van der Waals surface area contributed by atoms with Crippen LogP contribution in [0.3, 0.4) is 0 Å². The van der Waals surface area contributed by atoms with E-state index in [0.717, 1.165) is 24.8 Å². The Labute approximate surface area is 264 Å². The van der Waals surface area contributed by atoms with Crippen LogP contribution in [-0.2, 0) is 12.0 Å². The van der Waals surface area contributed by atoms with Crippen LogP contribution in [0.25, 0.3) is 5.69 Å². The quantitative estimate of drug-likeness (QED) is 0.227. The van der Waals surface area contributed by atoms with E-state index in [9.17, 15) is 9.90 Å². The number of halogens is 2. The molecule has 4 aromatic rings. The summed E-state index contributed by atoms with van der Waals surface area (Å²) in [6.45, 7) is 12.8. The Morgan fingerprint density at radius 1 is 1.11 bits per heavy atom. The minimum Gasteiger partial charge on any atom is -0.382 e. The molecule has 8 heteroatoms. The Morgan fingerprint density at radius 2 is 1.84 bits per heavy atom. The van der Waals surface area contributed by atoms with Gasteiger partial charge in [0.1, 0.15) is 17.6 Å². The van der Waals surface area contributed by atoms with Crippen molar-refractivity contribution < 1.29 is 14.3 Å². The van der Waals surface area contributed by atoms with Crippen LogP contribution in [0, 0.1) is 24.6 Å². The highest BCUT2D eigenvalue weighted by Crippen LogP contribution is 2.36. The summed E-state index contributed by atoms with van der Waals surface area (Å²) in [7, 11) is 0. The van der Waals surface area contributed by atoms with E-state index in [-0.39, 0.29) is 29.8 Å². The number of carbonyl (C=O) groups excluding carboxylic acids is 1. The number of aromatic nitrogens is 3. The number of hydrogen-bond acceptors (Lipinski definition) is 4. The summed E-state index contributed by atoms with van der Waals surface area (Å²) < 4.78 is 16.6. The van der Waals surface area contributed by atoms with Crippen molar-refractivity contribution in [2.75, 3.05) is 0 Å². The van der Waals surface area contributed by atoms with E-state index in [1.165, 1.54) is 11.6 Å². The Balaban J connectivity index is 1.51. The molecule has 1 heterocycles. The Bertz CT molecular complexity index is 1610. The molecule has 1 saturated carbocycles. The number of aliphatic hydroxyl groups excluding tert-OH is 1. The van der Waals surface area contributed by atoms with Gasteiger partial charge in [0.15, 0.2) is 0 Å². The maximum absolute atomic E-state index is 15.0. The smallest absolute Gasteiger partial charge is 0.256 e. The first kappa shape index (κ1) is 31.9. The molecule has 4 unspecified atom stereocenters. The van der Waals surface area contributed by atoms with Crippen molar-refractivity contribution in [2.45, 2.75) is 84.9 Å². The zero-order valence-electron chi connectivity index (χ0n) is 26.4. The first-order valence-corrected chi connectivity index (χ1v) is 15.8. The molecule has 1 amide bonds. The molecule has 1 fully saturated rings. The predicted octanol–water partition coefficient (Wildman–Crippen LogP) is 8.21. The van der Waals surface area contributed by atoms with Crippen LogP contribution in [0.1, 0.15) is 98.3 Å². The maximum Gasteiger partial charge on any atom is 0.256 e. The topological polar surface area (TPSA) is 71.2 Å². The molecule has 44 heavy (non-hydrogen) atoms. The van der Waals surface area contributed by atoms with E-state index < -0.39 is 11.9 Å². The van der Waals surface area contributed by atoms with Crippen LogP contribution in [0.15, 0.2) is 66.9 Å². The molecular weight excluding hydrogens is 575 g/mol. The lowest BCUT2D eigenvalue weighted by atomic mass is 9.77.